The second kappa shape index (κ2) is 7.51. The summed E-state index contributed by atoms with van der Waals surface area (Å²) in [6, 6.07) is 4.74. The van der Waals surface area contributed by atoms with Gasteiger partial charge in [-0.2, -0.15) is 4.31 Å². The Bertz CT molecular complexity index is 633. The molecule has 1 atom stereocenters. The van der Waals surface area contributed by atoms with Crippen molar-refractivity contribution in [2.45, 2.75) is 30.7 Å². The highest BCUT2D eigenvalue weighted by Crippen LogP contribution is 2.31. The monoisotopic (exact) mass is 342 g/mol. The Morgan fingerprint density at radius 1 is 1.17 bits per heavy atom. The maximum Gasteiger partial charge on any atom is 0.243 e. The molecule has 0 bridgehead atoms. The molecule has 2 rings (SSSR count). The van der Waals surface area contributed by atoms with Crippen LogP contribution in [0.2, 0.25) is 0 Å². The topological polar surface area (TPSA) is 59.1 Å². The Morgan fingerprint density at radius 2 is 1.87 bits per heavy atom. The van der Waals surface area contributed by atoms with Crippen LogP contribution in [0.1, 0.15) is 19.8 Å². The fourth-order valence-electron chi connectivity index (χ4n) is 2.98. The standard InChI is InChI=1S/C16H26N2O4S/c1-5-13-12-17(2)9-6-10-18(13)23(19,20)14-7-8-15(21-3)16(11-14)22-4/h7-8,11,13H,5-6,9-10,12H2,1-4H3. The van der Waals surface area contributed by atoms with Gasteiger partial charge in [-0.15, -0.1) is 0 Å². The largest absolute Gasteiger partial charge is 0.493 e. The van der Waals surface area contributed by atoms with Crippen LogP contribution >= 0.6 is 0 Å². The van der Waals surface area contributed by atoms with E-state index in [1.807, 2.05) is 14.0 Å². The summed E-state index contributed by atoms with van der Waals surface area (Å²) in [5.74, 6) is 0.947. The highest BCUT2D eigenvalue weighted by atomic mass is 32.2. The van der Waals surface area contributed by atoms with Crippen LogP contribution < -0.4 is 9.47 Å². The molecule has 1 aliphatic heterocycles. The molecule has 0 aromatic heterocycles. The average Bonchev–Trinajstić information content (AvgIpc) is 2.75. The number of hydrogen-bond donors (Lipinski definition) is 0. The number of benzene rings is 1. The van der Waals surface area contributed by atoms with Crippen LogP contribution in [0, 0.1) is 0 Å². The molecule has 1 fully saturated rings. The van der Waals surface area contributed by atoms with Crippen LogP contribution in [0.25, 0.3) is 0 Å². The van der Waals surface area contributed by atoms with E-state index in [0.717, 1.165) is 25.9 Å². The summed E-state index contributed by atoms with van der Waals surface area (Å²) in [4.78, 5) is 2.44. The first-order valence-electron chi connectivity index (χ1n) is 7.86. The zero-order chi connectivity index (χ0) is 17.0. The number of sulfonamides is 1. The van der Waals surface area contributed by atoms with Crippen LogP contribution in [-0.2, 0) is 10.0 Å². The molecule has 6 nitrogen and oxygen atoms in total. The van der Waals surface area contributed by atoms with E-state index in [-0.39, 0.29) is 10.9 Å². The lowest BCUT2D eigenvalue weighted by atomic mass is 10.2. The van der Waals surface area contributed by atoms with Gasteiger partial charge < -0.3 is 14.4 Å². The maximum absolute atomic E-state index is 13.1. The van der Waals surface area contributed by atoms with E-state index in [0.29, 0.717) is 18.0 Å². The minimum Gasteiger partial charge on any atom is -0.493 e. The molecule has 0 N–H and O–H groups in total. The molecule has 0 amide bonds. The first-order chi connectivity index (χ1) is 10.9. The van der Waals surface area contributed by atoms with E-state index >= 15 is 0 Å². The zero-order valence-corrected chi connectivity index (χ0v) is 15.1. The number of methoxy groups -OCH3 is 2. The maximum atomic E-state index is 13.1. The van der Waals surface area contributed by atoms with Crippen molar-refractivity contribution in [1.29, 1.82) is 0 Å². The van der Waals surface area contributed by atoms with Gasteiger partial charge in [0.1, 0.15) is 0 Å². The van der Waals surface area contributed by atoms with Gasteiger partial charge in [0.25, 0.3) is 0 Å². The Labute approximate surface area is 139 Å². The van der Waals surface area contributed by atoms with E-state index in [1.54, 1.807) is 16.4 Å². The van der Waals surface area contributed by atoms with Crippen molar-refractivity contribution in [3.8, 4) is 11.5 Å². The molecule has 1 heterocycles. The van der Waals surface area contributed by atoms with Crippen molar-refractivity contribution in [1.82, 2.24) is 9.21 Å². The van der Waals surface area contributed by atoms with Crippen LogP contribution in [0.4, 0.5) is 0 Å². The summed E-state index contributed by atoms with van der Waals surface area (Å²) in [6.45, 7) is 4.23. The van der Waals surface area contributed by atoms with Gasteiger partial charge in [0, 0.05) is 25.2 Å². The van der Waals surface area contributed by atoms with Gasteiger partial charge in [-0.3, -0.25) is 0 Å². The fourth-order valence-corrected chi connectivity index (χ4v) is 4.73. The summed E-state index contributed by atoms with van der Waals surface area (Å²) in [5, 5.41) is 0. The van der Waals surface area contributed by atoms with E-state index in [2.05, 4.69) is 4.90 Å². The number of nitrogens with zero attached hydrogens (tertiary/aromatic N) is 2. The first kappa shape index (κ1) is 18.0. The zero-order valence-electron chi connectivity index (χ0n) is 14.3. The number of hydrogen-bond acceptors (Lipinski definition) is 5. The highest BCUT2D eigenvalue weighted by Gasteiger charge is 2.33. The lowest BCUT2D eigenvalue weighted by Gasteiger charge is -2.29. The van der Waals surface area contributed by atoms with E-state index in [4.69, 9.17) is 9.47 Å². The molecular formula is C16H26N2O4S. The minimum atomic E-state index is -3.56. The molecule has 23 heavy (non-hydrogen) atoms. The van der Waals surface area contributed by atoms with Crippen molar-refractivity contribution in [2.24, 2.45) is 0 Å². The second-order valence-corrected chi connectivity index (χ2v) is 7.70. The average molecular weight is 342 g/mol. The molecule has 7 heteroatoms. The normalized spacial score (nSPS) is 21.0. The van der Waals surface area contributed by atoms with Gasteiger partial charge >= 0.3 is 0 Å². The van der Waals surface area contributed by atoms with Crippen LogP contribution in [0.5, 0.6) is 11.5 Å². The molecule has 0 saturated carbocycles. The Balaban J connectivity index is 2.39. The molecule has 1 aliphatic rings. The van der Waals surface area contributed by atoms with Gasteiger partial charge in [-0.1, -0.05) is 6.92 Å². The highest BCUT2D eigenvalue weighted by molar-refractivity contribution is 7.89. The van der Waals surface area contributed by atoms with Crippen molar-refractivity contribution in [3.63, 3.8) is 0 Å². The summed E-state index contributed by atoms with van der Waals surface area (Å²) < 4.78 is 38.2. The Kier molecular flexibility index (Phi) is 5.89. The molecule has 130 valence electrons. The van der Waals surface area contributed by atoms with Gasteiger partial charge in [0.05, 0.1) is 19.1 Å². The first-order valence-corrected chi connectivity index (χ1v) is 9.30. The van der Waals surface area contributed by atoms with E-state index in [9.17, 15) is 8.42 Å². The summed E-state index contributed by atoms with van der Waals surface area (Å²) in [6.07, 6.45) is 1.62. The van der Waals surface area contributed by atoms with Gasteiger partial charge in [0.2, 0.25) is 10.0 Å². The van der Waals surface area contributed by atoms with Crippen LogP contribution in [0.3, 0.4) is 0 Å². The molecule has 1 aromatic rings. The molecule has 1 aromatic carbocycles. The van der Waals surface area contributed by atoms with Crippen molar-refractivity contribution >= 4 is 10.0 Å². The SMILES string of the molecule is CCC1CN(C)CCCN1S(=O)(=O)c1ccc(OC)c(OC)c1. The van der Waals surface area contributed by atoms with Gasteiger partial charge in [0.15, 0.2) is 11.5 Å². The van der Waals surface area contributed by atoms with Gasteiger partial charge in [-0.05, 0) is 38.6 Å². The smallest absolute Gasteiger partial charge is 0.243 e. The third-order valence-corrected chi connectivity index (χ3v) is 6.23. The summed E-state index contributed by atoms with van der Waals surface area (Å²) >= 11 is 0. The lowest BCUT2D eigenvalue weighted by molar-refractivity contribution is 0.270. The third-order valence-electron chi connectivity index (χ3n) is 4.28. The summed E-state index contributed by atoms with van der Waals surface area (Å²) in [7, 11) is 1.52. The minimum absolute atomic E-state index is 0.0133. The van der Waals surface area contributed by atoms with E-state index < -0.39 is 10.0 Å². The predicted octanol–water partition coefficient (Wildman–Crippen LogP) is 1.81. The van der Waals surface area contributed by atoms with Crippen LogP contribution in [0.15, 0.2) is 23.1 Å². The van der Waals surface area contributed by atoms with Gasteiger partial charge in [-0.25, -0.2) is 8.42 Å². The molecular weight excluding hydrogens is 316 g/mol. The molecule has 0 radical (unpaired) electrons. The molecule has 0 spiro atoms. The molecule has 0 aliphatic carbocycles. The fraction of sp³-hybridized carbons (Fsp3) is 0.625. The Morgan fingerprint density at radius 3 is 2.48 bits per heavy atom. The predicted molar refractivity (Wildman–Crippen MR) is 89.6 cm³/mol. The molecule has 1 saturated heterocycles. The second-order valence-electron chi connectivity index (χ2n) is 5.81. The summed E-state index contributed by atoms with van der Waals surface area (Å²) in [5.41, 5.74) is 0. The third kappa shape index (κ3) is 3.79. The lowest BCUT2D eigenvalue weighted by Crippen LogP contribution is -2.43. The molecule has 1 unspecified atom stereocenters. The van der Waals surface area contributed by atoms with E-state index in [1.165, 1.54) is 20.3 Å². The van der Waals surface area contributed by atoms with Crippen LogP contribution in [-0.4, -0.2) is 64.6 Å². The Hall–Kier alpha value is -1.31. The number of rotatable bonds is 5. The number of ether oxygens (including phenoxy) is 2. The number of likely N-dealkylation sites (N-methyl/N-ethyl adjacent to an activating group) is 1. The van der Waals surface area contributed by atoms with Crippen molar-refractivity contribution < 1.29 is 17.9 Å². The quantitative estimate of drug-likeness (QED) is 0.817. The van der Waals surface area contributed by atoms with Crippen molar-refractivity contribution in [2.75, 3.05) is 40.9 Å². The van der Waals surface area contributed by atoms with Crippen molar-refractivity contribution in [3.05, 3.63) is 18.2 Å².